The largest absolute Gasteiger partial charge is 0.495 e. The number of hydrogen-bond acceptors (Lipinski definition) is 5. The van der Waals surface area contributed by atoms with Crippen LogP contribution in [-0.4, -0.2) is 51.4 Å². The molecular formula is C27H28Cl3N3O5S. The Bertz CT molecular complexity index is 1440. The van der Waals surface area contributed by atoms with Gasteiger partial charge in [0.1, 0.15) is 18.3 Å². The smallest absolute Gasteiger partial charge is 0.264 e. The number of amides is 2. The molecule has 0 aliphatic carbocycles. The molecule has 208 valence electrons. The van der Waals surface area contributed by atoms with Gasteiger partial charge in [0, 0.05) is 13.1 Å². The highest BCUT2D eigenvalue weighted by molar-refractivity contribution is 7.92. The number of hydrogen-bond donors (Lipinski definition) is 1. The lowest BCUT2D eigenvalue weighted by molar-refractivity contribution is -0.139. The van der Waals surface area contributed by atoms with Crippen LogP contribution in [0.1, 0.15) is 19.4 Å². The third-order valence-corrected chi connectivity index (χ3v) is 8.71. The Morgan fingerprint density at radius 3 is 2.23 bits per heavy atom. The number of ether oxygens (including phenoxy) is 1. The Kier molecular flexibility index (Phi) is 10.5. The van der Waals surface area contributed by atoms with Gasteiger partial charge in [-0.1, -0.05) is 59.1 Å². The molecule has 0 saturated heterocycles. The topological polar surface area (TPSA) is 96.0 Å². The summed E-state index contributed by atoms with van der Waals surface area (Å²) < 4.78 is 33.7. The van der Waals surface area contributed by atoms with Crippen molar-refractivity contribution < 1.29 is 22.7 Å². The second-order valence-electron chi connectivity index (χ2n) is 8.48. The zero-order chi connectivity index (χ0) is 28.7. The monoisotopic (exact) mass is 611 g/mol. The summed E-state index contributed by atoms with van der Waals surface area (Å²) in [7, 11) is -2.78. The molecule has 1 N–H and O–H groups in total. The van der Waals surface area contributed by atoms with Crippen LogP contribution in [0.25, 0.3) is 0 Å². The standard InChI is InChI=1S/C27H28Cl3N3O5S/c1-4-31-27(35)18(2)32(16-19-10-12-22(28)23(29)14-19)26(34)17-33(20-11-13-25(38-3)24(30)15-20)39(36,37)21-8-6-5-7-9-21/h5-15,18H,4,16-17H2,1-3H3,(H,31,35)/t18-/m0/s1. The lowest BCUT2D eigenvalue weighted by atomic mass is 10.1. The van der Waals surface area contributed by atoms with Gasteiger partial charge in [-0.3, -0.25) is 13.9 Å². The number of carbonyl (C=O) groups is 2. The number of nitrogens with zero attached hydrogens (tertiary/aromatic N) is 2. The maximum atomic E-state index is 13.8. The molecule has 8 nitrogen and oxygen atoms in total. The zero-order valence-electron chi connectivity index (χ0n) is 21.5. The minimum absolute atomic E-state index is 0.0162. The van der Waals surface area contributed by atoms with Gasteiger partial charge in [0.05, 0.1) is 32.8 Å². The summed E-state index contributed by atoms with van der Waals surface area (Å²) in [6.07, 6.45) is 0. The lowest BCUT2D eigenvalue weighted by Crippen LogP contribution is -2.51. The summed E-state index contributed by atoms with van der Waals surface area (Å²) in [5, 5.41) is 3.50. The van der Waals surface area contributed by atoms with Crippen molar-refractivity contribution >= 4 is 62.3 Å². The summed E-state index contributed by atoms with van der Waals surface area (Å²) in [6, 6.07) is 16.1. The van der Waals surface area contributed by atoms with Crippen molar-refractivity contribution in [3.63, 3.8) is 0 Å². The van der Waals surface area contributed by atoms with E-state index in [0.717, 1.165) is 4.31 Å². The predicted octanol–water partition coefficient (Wildman–Crippen LogP) is 5.40. The zero-order valence-corrected chi connectivity index (χ0v) is 24.6. The second kappa shape index (κ2) is 13.4. The van der Waals surface area contributed by atoms with E-state index in [-0.39, 0.29) is 27.2 Å². The Morgan fingerprint density at radius 2 is 1.64 bits per heavy atom. The van der Waals surface area contributed by atoms with E-state index >= 15 is 0 Å². The summed E-state index contributed by atoms with van der Waals surface area (Å²) in [5.41, 5.74) is 0.761. The maximum Gasteiger partial charge on any atom is 0.264 e. The minimum atomic E-state index is -4.21. The average Bonchev–Trinajstić information content (AvgIpc) is 2.92. The summed E-state index contributed by atoms with van der Waals surface area (Å²) in [6.45, 7) is 3.07. The lowest BCUT2D eigenvalue weighted by Gasteiger charge is -2.32. The summed E-state index contributed by atoms with van der Waals surface area (Å²) in [5.74, 6) is -0.669. The molecule has 0 aliphatic rings. The van der Waals surface area contributed by atoms with Crippen LogP contribution in [0.3, 0.4) is 0 Å². The van der Waals surface area contributed by atoms with Gasteiger partial charge in [0.2, 0.25) is 11.8 Å². The number of benzene rings is 3. The SMILES string of the molecule is CCNC(=O)[C@H](C)N(Cc1ccc(Cl)c(Cl)c1)C(=O)CN(c1ccc(OC)c(Cl)c1)S(=O)(=O)c1ccccc1. The molecule has 0 aromatic heterocycles. The number of halogens is 3. The third kappa shape index (κ3) is 7.36. The van der Waals surface area contributed by atoms with Gasteiger partial charge in [-0.15, -0.1) is 0 Å². The number of anilines is 1. The molecule has 3 aromatic carbocycles. The summed E-state index contributed by atoms with van der Waals surface area (Å²) in [4.78, 5) is 27.9. The first kappa shape index (κ1) is 30.6. The Balaban J connectivity index is 2.06. The van der Waals surface area contributed by atoms with Crippen LogP contribution >= 0.6 is 34.8 Å². The summed E-state index contributed by atoms with van der Waals surface area (Å²) >= 11 is 18.5. The first-order valence-corrected chi connectivity index (χ1v) is 14.5. The van der Waals surface area contributed by atoms with Crippen molar-refractivity contribution in [3.8, 4) is 5.75 Å². The first-order chi connectivity index (χ1) is 18.5. The molecule has 1 atom stereocenters. The molecule has 2 amide bonds. The van der Waals surface area contributed by atoms with Crippen molar-refractivity contribution in [2.24, 2.45) is 0 Å². The average molecular weight is 613 g/mol. The second-order valence-corrected chi connectivity index (χ2v) is 11.6. The molecule has 0 aliphatic heterocycles. The van der Waals surface area contributed by atoms with Gasteiger partial charge in [-0.2, -0.15) is 0 Å². The number of rotatable bonds is 11. The molecule has 0 saturated carbocycles. The highest BCUT2D eigenvalue weighted by atomic mass is 35.5. The van der Waals surface area contributed by atoms with Gasteiger partial charge in [-0.05, 0) is 61.9 Å². The highest BCUT2D eigenvalue weighted by Crippen LogP contribution is 2.32. The molecule has 39 heavy (non-hydrogen) atoms. The molecule has 3 rings (SSSR count). The Morgan fingerprint density at radius 1 is 0.949 bits per heavy atom. The fraction of sp³-hybridized carbons (Fsp3) is 0.259. The number of sulfonamides is 1. The van der Waals surface area contributed by atoms with Crippen LogP contribution < -0.4 is 14.4 Å². The van der Waals surface area contributed by atoms with Crippen molar-refractivity contribution in [1.29, 1.82) is 0 Å². The fourth-order valence-electron chi connectivity index (χ4n) is 3.80. The van der Waals surface area contributed by atoms with E-state index in [1.807, 2.05) is 0 Å². The van der Waals surface area contributed by atoms with Gasteiger partial charge < -0.3 is 15.0 Å². The van der Waals surface area contributed by atoms with E-state index < -0.39 is 34.4 Å². The van der Waals surface area contributed by atoms with Crippen LogP contribution in [-0.2, 0) is 26.2 Å². The van der Waals surface area contributed by atoms with Crippen molar-refractivity contribution in [1.82, 2.24) is 10.2 Å². The third-order valence-electron chi connectivity index (χ3n) is 5.89. The maximum absolute atomic E-state index is 13.8. The number of carbonyl (C=O) groups excluding carboxylic acids is 2. The molecule has 0 fully saturated rings. The van der Waals surface area contributed by atoms with Crippen LogP contribution in [0.15, 0.2) is 71.6 Å². The highest BCUT2D eigenvalue weighted by Gasteiger charge is 2.32. The van der Waals surface area contributed by atoms with Gasteiger partial charge in [-0.25, -0.2) is 8.42 Å². The quantitative estimate of drug-likeness (QED) is 0.313. The van der Waals surface area contributed by atoms with Gasteiger partial charge in [0.15, 0.2) is 0 Å². The van der Waals surface area contributed by atoms with E-state index in [1.165, 1.54) is 42.3 Å². The van der Waals surface area contributed by atoms with E-state index in [2.05, 4.69) is 5.32 Å². The van der Waals surface area contributed by atoms with Gasteiger partial charge >= 0.3 is 0 Å². The van der Waals surface area contributed by atoms with Crippen molar-refractivity contribution in [2.75, 3.05) is 24.5 Å². The molecule has 12 heteroatoms. The predicted molar refractivity (Wildman–Crippen MR) is 154 cm³/mol. The number of methoxy groups -OCH3 is 1. The van der Waals surface area contributed by atoms with Crippen LogP contribution in [0, 0.1) is 0 Å². The minimum Gasteiger partial charge on any atom is -0.495 e. The van der Waals surface area contributed by atoms with E-state index in [9.17, 15) is 18.0 Å². The van der Waals surface area contributed by atoms with Crippen LogP contribution in [0.5, 0.6) is 5.75 Å². The van der Waals surface area contributed by atoms with Crippen molar-refractivity contribution in [3.05, 3.63) is 87.4 Å². The van der Waals surface area contributed by atoms with Crippen molar-refractivity contribution in [2.45, 2.75) is 31.3 Å². The number of likely N-dealkylation sites (N-methyl/N-ethyl adjacent to an activating group) is 1. The van der Waals surface area contributed by atoms with Crippen LogP contribution in [0.2, 0.25) is 15.1 Å². The van der Waals surface area contributed by atoms with E-state index in [1.54, 1.807) is 50.2 Å². The number of nitrogens with one attached hydrogen (secondary N) is 1. The van der Waals surface area contributed by atoms with E-state index in [4.69, 9.17) is 39.5 Å². The molecule has 0 unspecified atom stereocenters. The Hall–Kier alpha value is -2.98. The van der Waals surface area contributed by atoms with E-state index in [0.29, 0.717) is 22.9 Å². The molecule has 3 aromatic rings. The molecule has 0 bridgehead atoms. The molecular weight excluding hydrogens is 585 g/mol. The first-order valence-electron chi connectivity index (χ1n) is 11.9. The Labute approximate surface area is 243 Å². The van der Waals surface area contributed by atoms with Crippen LogP contribution in [0.4, 0.5) is 5.69 Å². The normalized spacial score (nSPS) is 11.9. The molecule has 0 spiro atoms. The molecule has 0 heterocycles. The molecule has 0 radical (unpaired) electrons. The fourth-order valence-corrected chi connectivity index (χ4v) is 5.80. The van der Waals surface area contributed by atoms with Gasteiger partial charge in [0.25, 0.3) is 10.0 Å².